The third-order valence-electron chi connectivity index (χ3n) is 7.24. The van der Waals surface area contributed by atoms with Crippen LogP contribution in [0.1, 0.15) is 56.2 Å². The molecule has 2 N–H and O–H groups in total. The molecule has 8 heteroatoms. The van der Waals surface area contributed by atoms with Crippen LogP contribution in [-0.2, 0) is 11.3 Å². The van der Waals surface area contributed by atoms with Crippen molar-refractivity contribution in [1.29, 1.82) is 0 Å². The Balaban J connectivity index is 0.00000289. The number of hydrogen-bond acceptors (Lipinski definition) is 4. The van der Waals surface area contributed by atoms with Crippen LogP contribution in [0.2, 0.25) is 0 Å². The third kappa shape index (κ3) is 7.32. The second-order valence-electron chi connectivity index (χ2n) is 9.50. The van der Waals surface area contributed by atoms with Gasteiger partial charge in [-0.15, -0.1) is 35.3 Å². The van der Waals surface area contributed by atoms with Crippen molar-refractivity contribution < 1.29 is 4.79 Å². The number of hydrogen-bond donors (Lipinski definition) is 2. The number of nitrogens with zero attached hydrogens (tertiary/aromatic N) is 3. The van der Waals surface area contributed by atoms with E-state index in [0.717, 1.165) is 51.4 Å². The molecule has 1 saturated carbocycles. The molecule has 1 amide bonds. The molecule has 0 aromatic carbocycles. The fourth-order valence-electron chi connectivity index (χ4n) is 5.29. The average Bonchev–Trinajstić information content (AvgIpc) is 3.50. The molecule has 32 heavy (non-hydrogen) atoms. The van der Waals surface area contributed by atoms with Crippen LogP contribution >= 0.6 is 35.3 Å². The lowest BCUT2D eigenvalue weighted by atomic mass is 9.88. The summed E-state index contributed by atoms with van der Waals surface area (Å²) in [6.07, 6.45) is 9.39. The van der Waals surface area contributed by atoms with Gasteiger partial charge in [0.25, 0.3) is 0 Å². The Morgan fingerprint density at radius 1 is 1.12 bits per heavy atom. The Kier molecular flexibility index (Phi) is 10.6. The Bertz CT molecular complexity index is 714. The number of aliphatic imine (C=N–C) groups is 1. The minimum atomic E-state index is 0. The van der Waals surface area contributed by atoms with Gasteiger partial charge in [0.1, 0.15) is 0 Å². The summed E-state index contributed by atoms with van der Waals surface area (Å²) in [5.74, 6) is 2.25. The minimum absolute atomic E-state index is 0. The summed E-state index contributed by atoms with van der Waals surface area (Å²) in [4.78, 5) is 23.4. The van der Waals surface area contributed by atoms with Crippen LogP contribution in [-0.4, -0.2) is 67.5 Å². The second-order valence-corrected chi connectivity index (χ2v) is 10.5. The summed E-state index contributed by atoms with van der Waals surface area (Å²) in [5.41, 5.74) is 0. The molecule has 1 atom stereocenters. The Morgan fingerprint density at radius 3 is 2.59 bits per heavy atom. The molecule has 3 fully saturated rings. The summed E-state index contributed by atoms with van der Waals surface area (Å²) in [6.45, 7) is 6.13. The van der Waals surface area contributed by atoms with Gasteiger partial charge in [0.2, 0.25) is 5.91 Å². The van der Waals surface area contributed by atoms with Crippen LogP contribution in [0.3, 0.4) is 0 Å². The van der Waals surface area contributed by atoms with E-state index >= 15 is 0 Å². The molecular weight excluding hydrogens is 533 g/mol. The minimum Gasteiger partial charge on any atom is -0.356 e. The highest BCUT2D eigenvalue weighted by Crippen LogP contribution is 2.27. The highest BCUT2D eigenvalue weighted by atomic mass is 127. The Morgan fingerprint density at radius 2 is 1.91 bits per heavy atom. The molecule has 3 heterocycles. The van der Waals surface area contributed by atoms with Crippen LogP contribution < -0.4 is 10.6 Å². The van der Waals surface area contributed by atoms with Gasteiger partial charge in [0.15, 0.2) is 5.96 Å². The fraction of sp³-hybridized carbons (Fsp3) is 0.750. The smallest absolute Gasteiger partial charge is 0.225 e. The number of carbonyl (C=O) groups is 1. The number of nitrogens with one attached hydrogen (secondary N) is 2. The van der Waals surface area contributed by atoms with Crippen molar-refractivity contribution >= 4 is 47.2 Å². The highest BCUT2D eigenvalue weighted by Gasteiger charge is 2.32. The number of piperidine rings is 1. The molecule has 4 rings (SSSR count). The molecule has 6 nitrogen and oxygen atoms in total. The van der Waals surface area contributed by atoms with E-state index in [2.05, 4.69) is 42.9 Å². The first-order chi connectivity index (χ1) is 15.2. The van der Waals surface area contributed by atoms with Crippen LogP contribution in [0.25, 0.3) is 0 Å². The van der Waals surface area contributed by atoms with E-state index in [1.54, 1.807) is 0 Å². The highest BCUT2D eigenvalue weighted by molar-refractivity contribution is 14.0. The first-order valence-corrected chi connectivity index (χ1v) is 13.1. The molecule has 180 valence electrons. The maximum atomic E-state index is 12.8. The monoisotopic (exact) mass is 573 g/mol. The van der Waals surface area contributed by atoms with Gasteiger partial charge in [0.05, 0.1) is 0 Å². The molecule has 2 saturated heterocycles. The largest absolute Gasteiger partial charge is 0.356 e. The number of halogens is 1. The first kappa shape index (κ1) is 25.7. The standard InChI is InChI=1S/C24H39N5OS.HI/c1-25-24(26-16-19-9-12-28(13-10-19)18-22-8-5-15-31-22)27-21-11-14-29(17-21)23(30)20-6-3-2-4-7-20;/h5,8,15,19-21H,2-4,6-7,9-14,16-18H2,1H3,(H2,25,26,27);1H. The van der Waals surface area contributed by atoms with Crippen LogP contribution in [0.15, 0.2) is 22.5 Å². The van der Waals surface area contributed by atoms with Gasteiger partial charge in [0, 0.05) is 50.1 Å². The van der Waals surface area contributed by atoms with Gasteiger partial charge < -0.3 is 15.5 Å². The molecule has 3 aliphatic rings. The van der Waals surface area contributed by atoms with E-state index in [1.807, 2.05) is 18.4 Å². The summed E-state index contributed by atoms with van der Waals surface area (Å²) >= 11 is 1.86. The van der Waals surface area contributed by atoms with Gasteiger partial charge in [-0.25, -0.2) is 0 Å². The van der Waals surface area contributed by atoms with Crippen molar-refractivity contribution in [3.05, 3.63) is 22.4 Å². The molecule has 1 aromatic heterocycles. The molecule has 1 aromatic rings. The fourth-order valence-corrected chi connectivity index (χ4v) is 6.03. The number of likely N-dealkylation sites (tertiary alicyclic amines) is 2. The molecule has 2 aliphatic heterocycles. The first-order valence-electron chi connectivity index (χ1n) is 12.2. The number of thiophene rings is 1. The zero-order chi connectivity index (χ0) is 21.5. The van der Waals surface area contributed by atoms with E-state index < -0.39 is 0 Å². The number of rotatable bonds is 6. The predicted octanol–water partition coefficient (Wildman–Crippen LogP) is 3.92. The number of guanidine groups is 1. The van der Waals surface area contributed by atoms with E-state index in [4.69, 9.17) is 0 Å². The van der Waals surface area contributed by atoms with Gasteiger partial charge in [-0.05, 0) is 62.6 Å². The van der Waals surface area contributed by atoms with E-state index in [9.17, 15) is 4.79 Å². The maximum absolute atomic E-state index is 12.8. The van der Waals surface area contributed by atoms with Gasteiger partial charge >= 0.3 is 0 Å². The van der Waals surface area contributed by atoms with Crippen molar-refractivity contribution in [3.8, 4) is 0 Å². The molecular formula is C24H40IN5OS. The normalized spacial score (nSPS) is 23.7. The van der Waals surface area contributed by atoms with Gasteiger partial charge in [-0.1, -0.05) is 25.3 Å². The number of amides is 1. The number of carbonyl (C=O) groups excluding carboxylic acids is 1. The Hall–Kier alpha value is -0.870. The zero-order valence-electron chi connectivity index (χ0n) is 19.4. The SMILES string of the molecule is CN=C(NCC1CCN(Cc2cccs2)CC1)NC1CCN(C(=O)C2CCCCC2)C1.I. The van der Waals surface area contributed by atoms with Gasteiger partial charge in [-0.2, -0.15) is 0 Å². The summed E-state index contributed by atoms with van der Waals surface area (Å²) in [6, 6.07) is 4.69. The summed E-state index contributed by atoms with van der Waals surface area (Å²) in [7, 11) is 1.85. The zero-order valence-corrected chi connectivity index (χ0v) is 22.6. The second kappa shape index (κ2) is 13.1. The quantitative estimate of drug-likeness (QED) is 0.308. The van der Waals surface area contributed by atoms with E-state index in [1.165, 1.54) is 50.1 Å². The van der Waals surface area contributed by atoms with Crippen molar-refractivity contribution in [1.82, 2.24) is 20.4 Å². The van der Waals surface area contributed by atoms with Gasteiger partial charge in [-0.3, -0.25) is 14.7 Å². The van der Waals surface area contributed by atoms with Crippen LogP contribution in [0.4, 0.5) is 0 Å². The van der Waals surface area contributed by atoms with Crippen LogP contribution in [0, 0.1) is 11.8 Å². The molecule has 0 radical (unpaired) electrons. The van der Waals surface area contributed by atoms with E-state index in [0.29, 0.717) is 17.9 Å². The average molecular weight is 574 g/mol. The van der Waals surface area contributed by atoms with Crippen molar-refractivity contribution in [2.75, 3.05) is 39.8 Å². The molecule has 0 spiro atoms. The molecule has 0 bridgehead atoms. The van der Waals surface area contributed by atoms with Crippen molar-refractivity contribution in [2.24, 2.45) is 16.8 Å². The third-order valence-corrected chi connectivity index (χ3v) is 8.10. The molecule has 1 unspecified atom stereocenters. The lowest BCUT2D eigenvalue weighted by molar-refractivity contribution is -0.135. The Labute approximate surface area is 214 Å². The molecule has 1 aliphatic carbocycles. The summed E-state index contributed by atoms with van der Waals surface area (Å²) < 4.78 is 0. The summed E-state index contributed by atoms with van der Waals surface area (Å²) in [5, 5.41) is 9.29. The van der Waals surface area contributed by atoms with E-state index in [-0.39, 0.29) is 29.9 Å². The van der Waals surface area contributed by atoms with Crippen LogP contribution in [0.5, 0.6) is 0 Å². The predicted molar refractivity (Wildman–Crippen MR) is 144 cm³/mol. The van der Waals surface area contributed by atoms with Crippen molar-refractivity contribution in [3.63, 3.8) is 0 Å². The lowest BCUT2D eigenvalue weighted by Gasteiger charge is -2.32. The van der Waals surface area contributed by atoms with Crippen molar-refractivity contribution in [2.45, 2.75) is 64.0 Å². The lowest BCUT2D eigenvalue weighted by Crippen LogP contribution is -2.47. The topological polar surface area (TPSA) is 60.0 Å². The maximum Gasteiger partial charge on any atom is 0.225 e.